The zero-order valence-corrected chi connectivity index (χ0v) is 18.9. The number of carbonyl (C=O) groups excluding carboxylic acids is 1. The van der Waals surface area contributed by atoms with Crippen molar-refractivity contribution in [2.24, 2.45) is 0 Å². The molecule has 2 aromatic carbocycles. The molecule has 1 aromatic heterocycles. The van der Waals surface area contributed by atoms with Crippen LogP contribution in [0, 0.1) is 13.8 Å². The molecule has 166 valence electrons. The van der Waals surface area contributed by atoms with E-state index in [2.05, 4.69) is 5.10 Å². The van der Waals surface area contributed by atoms with Gasteiger partial charge >= 0.3 is 0 Å². The van der Waals surface area contributed by atoms with E-state index in [1.807, 2.05) is 19.1 Å². The molecule has 1 saturated heterocycles. The molecule has 4 rings (SSSR count). The molecule has 0 saturated carbocycles. The van der Waals surface area contributed by atoms with E-state index < -0.39 is 15.6 Å². The molecule has 0 radical (unpaired) electrons. The number of hydrogen-bond acceptors (Lipinski definition) is 5. The summed E-state index contributed by atoms with van der Waals surface area (Å²) in [6, 6.07) is 15.1. The first-order chi connectivity index (χ1) is 15.3. The molecule has 7 nitrogen and oxygen atoms in total. The summed E-state index contributed by atoms with van der Waals surface area (Å²) >= 11 is 0. The van der Waals surface area contributed by atoms with E-state index in [0.29, 0.717) is 35.5 Å². The van der Waals surface area contributed by atoms with Gasteiger partial charge in [0.1, 0.15) is 6.54 Å². The minimum Gasteiger partial charge on any atom is -0.292 e. The van der Waals surface area contributed by atoms with Crippen LogP contribution >= 0.6 is 0 Å². The van der Waals surface area contributed by atoms with Crippen molar-refractivity contribution in [3.05, 3.63) is 81.6 Å². The van der Waals surface area contributed by atoms with Crippen LogP contribution in [-0.2, 0) is 16.6 Å². The number of aryl methyl sites for hydroxylation is 2. The van der Waals surface area contributed by atoms with Gasteiger partial charge in [-0.15, -0.1) is 0 Å². The highest BCUT2D eigenvalue weighted by Gasteiger charge is 2.28. The molecule has 0 atom stereocenters. The summed E-state index contributed by atoms with van der Waals surface area (Å²) in [5.41, 5.74) is 2.81. The maximum absolute atomic E-state index is 13.1. The molecule has 1 aliphatic heterocycles. The molecule has 1 fully saturated rings. The van der Waals surface area contributed by atoms with Gasteiger partial charge in [0, 0.05) is 30.3 Å². The monoisotopic (exact) mass is 451 g/mol. The third-order valence-corrected chi connectivity index (χ3v) is 7.74. The smallest absolute Gasteiger partial charge is 0.267 e. The van der Waals surface area contributed by atoms with Crippen LogP contribution in [0.25, 0.3) is 11.3 Å². The normalized spacial score (nSPS) is 14.6. The molecule has 0 N–H and O–H groups in total. The number of ketones is 1. The van der Waals surface area contributed by atoms with E-state index >= 15 is 0 Å². The Labute approximate surface area is 187 Å². The Bertz CT molecular complexity index is 1320. The van der Waals surface area contributed by atoms with Crippen LogP contribution in [0.3, 0.4) is 0 Å². The lowest BCUT2D eigenvalue weighted by Gasteiger charge is -2.18. The summed E-state index contributed by atoms with van der Waals surface area (Å²) in [6.07, 6.45) is 1.72. The number of hydrogen-bond donors (Lipinski definition) is 0. The predicted octanol–water partition coefficient (Wildman–Crippen LogP) is 3.19. The van der Waals surface area contributed by atoms with Gasteiger partial charge < -0.3 is 0 Å². The first kappa shape index (κ1) is 22.1. The van der Waals surface area contributed by atoms with Gasteiger partial charge in [-0.05, 0) is 44.4 Å². The molecule has 0 amide bonds. The summed E-state index contributed by atoms with van der Waals surface area (Å²) in [5, 5.41) is 4.35. The molecule has 32 heavy (non-hydrogen) atoms. The van der Waals surface area contributed by atoms with Gasteiger partial charge in [0.15, 0.2) is 5.78 Å². The summed E-state index contributed by atoms with van der Waals surface area (Å²) in [5.74, 6) is -0.224. The number of aromatic nitrogens is 2. The van der Waals surface area contributed by atoms with Crippen molar-refractivity contribution in [3.63, 3.8) is 0 Å². The van der Waals surface area contributed by atoms with E-state index in [0.717, 1.165) is 23.1 Å². The standard InChI is InChI=1S/C24H25N3O4S/c1-17-5-8-19(9-6-17)22(28)16-27-24(29)12-11-21(25-27)20-10-7-18(2)23(15-20)32(30,31)26-13-3-4-14-26/h5-12,15H,3-4,13-14,16H2,1-2H3. The number of Topliss-reactive ketones (excluding diaryl/α,β-unsaturated/α-hetero) is 1. The Morgan fingerprint density at radius 1 is 0.969 bits per heavy atom. The second-order valence-electron chi connectivity index (χ2n) is 8.10. The fourth-order valence-corrected chi connectivity index (χ4v) is 5.56. The number of sulfonamides is 1. The minimum absolute atomic E-state index is 0.194. The zero-order valence-electron chi connectivity index (χ0n) is 18.1. The van der Waals surface area contributed by atoms with Crippen LogP contribution < -0.4 is 5.56 Å². The zero-order chi connectivity index (χ0) is 22.9. The average Bonchev–Trinajstić information content (AvgIpc) is 3.32. The van der Waals surface area contributed by atoms with Crippen LogP contribution in [0.15, 0.2) is 64.3 Å². The topological polar surface area (TPSA) is 89.3 Å². The fraction of sp³-hybridized carbons (Fsp3) is 0.292. The van der Waals surface area contributed by atoms with Crippen LogP contribution in [0.5, 0.6) is 0 Å². The summed E-state index contributed by atoms with van der Waals surface area (Å²) in [4.78, 5) is 25.2. The van der Waals surface area contributed by atoms with E-state index in [4.69, 9.17) is 0 Å². The molecule has 3 aromatic rings. The van der Waals surface area contributed by atoms with Gasteiger partial charge in [0.25, 0.3) is 5.56 Å². The summed E-state index contributed by atoms with van der Waals surface area (Å²) in [7, 11) is -3.59. The van der Waals surface area contributed by atoms with Crippen LogP contribution in [-0.4, -0.2) is 41.4 Å². The summed E-state index contributed by atoms with van der Waals surface area (Å²) in [6.45, 7) is 4.55. The lowest BCUT2D eigenvalue weighted by molar-refractivity contribution is 0.0966. The average molecular weight is 452 g/mol. The highest BCUT2D eigenvalue weighted by molar-refractivity contribution is 7.89. The Kier molecular flexibility index (Phi) is 6.08. The molecular formula is C24H25N3O4S. The van der Waals surface area contributed by atoms with Gasteiger partial charge in [0.05, 0.1) is 10.6 Å². The van der Waals surface area contributed by atoms with Crippen molar-refractivity contribution >= 4 is 15.8 Å². The molecule has 1 aliphatic rings. The Hall–Kier alpha value is -3.10. The van der Waals surface area contributed by atoms with E-state index in [-0.39, 0.29) is 17.2 Å². The Balaban J connectivity index is 1.67. The number of benzene rings is 2. The first-order valence-electron chi connectivity index (χ1n) is 10.5. The molecule has 2 heterocycles. The van der Waals surface area contributed by atoms with Crippen LogP contribution in [0.2, 0.25) is 0 Å². The first-order valence-corrected chi connectivity index (χ1v) is 12.0. The van der Waals surface area contributed by atoms with Crippen molar-refractivity contribution < 1.29 is 13.2 Å². The molecule has 0 bridgehead atoms. The van der Waals surface area contributed by atoms with Crippen molar-refractivity contribution in [1.82, 2.24) is 14.1 Å². The highest BCUT2D eigenvalue weighted by Crippen LogP contribution is 2.27. The molecule has 8 heteroatoms. The van der Waals surface area contributed by atoms with Crippen molar-refractivity contribution in [2.45, 2.75) is 38.1 Å². The second kappa shape index (κ2) is 8.80. The fourth-order valence-electron chi connectivity index (χ4n) is 3.79. The molecule has 0 spiro atoms. The van der Waals surface area contributed by atoms with E-state index in [1.165, 1.54) is 10.4 Å². The number of rotatable bonds is 6. The maximum Gasteiger partial charge on any atom is 0.267 e. The molecular weight excluding hydrogens is 426 g/mol. The highest BCUT2D eigenvalue weighted by atomic mass is 32.2. The predicted molar refractivity (Wildman–Crippen MR) is 122 cm³/mol. The van der Waals surface area contributed by atoms with Crippen LogP contribution in [0.4, 0.5) is 0 Å². The molecule has 0 aliphatic carbocycles. The largest absolute Gasteiger partial charge is 0.292 e. The maximum atomic E-state index is 13.1. The van der Waals surface area contributed by atoms with E-state index in [9.17, 15) is 18.0 Å². The van der Waals surface area contributed by atoms with Gasteiger partial charge in [-0.25, -0.2) is 13.1 Å². The second-order valence-corrected chi connectivity index (χ2v) is 10.0. The lowest BCUT2D eigenvalue weighted by Crippen LogP contribution is -2.28. The van der Waals surface area contributed by atoms with Gasteiger partial charge in [-0.1, -0.05) is 42.0 Å². The van der Waals surface area contributed by atoms with Crippen molar-refractivity contribution in [1.29, 1.82) is 0 Å². The van der Waals surface area contributed by atoms with Gasteiger partial charge in [-0.2, -0.15) is 9.40 Å². The lowest BCUT2D eigenvalue weighted by atomic mass is 10.1. The Morgan fingerprint density at radius 2 is 1.66 bits per heavy atom. The third-order valence-electron chi connectivity index (χ3n) is 5.70. The summed E-state index contributed by atoms with van der Waals surface area (Å²) < 4.78 is 28.8. The van der Waals surface area contributed by atoms with Crippen molar-refractivity contribution in [2.75, 3.05) is 13.1 Å². The molecule has 0 unspecified atom stereocenters. The minimum atomic E-state index is -3.59. The number of carbonyl (C=O) groups is 1. The SMILES string of the molecule is Cc1ccc(C(=O)Cn2nc(-c3ccc(C)c(S(=O)(=O)N4CCCC4)c3)ccc2=O)cc1. The van der Waals surface area contributed by atoms with Crippen LogP contribution in [0.1, 0.15) is 34.3 Å². The Morgan fingerprint density at radius 3 is 2.34 bits per heavy atom. The van der Waals surface area contributed by atoms with E-state index in [1.54, 1.807) is 43.3 Å². The van der Waals surface area contributed by atoms with Crippen molar-refractivity contribution in [3.8, 4) is 11.3 Å². The number of nitrogens with zero attached hydrogens (tertiary/aromatic N) is 3. The van der Waals surface area contributed by atoms with Gasteiger partial charge in [0.2, 0.25) is 10.0 Å². The third kappa shape index (κ3) is 4.42. The van der Waals surface area contributed by atoms with Gasteiger partial charge in [-0.3, -0.25) is 9.59 Å². The quantitative estimate of drug-likeness (QED) is 0.537.